The van der Waals surface area contributed by atoms with Gasteiger partial charge >= 0.3 is 0 Å². The van der Waals surface area contributed by atoms with E-state index in [0.717, 1.165) is 0 Å². The molecule has 0 unspecified atom stereocenters. The molecule has 7 heavy (non-hydrogen) atoms. The van der Waals surface area contributed by atoms with Gasteiger partial charge in [-0.3, -0.25) is 0 Å². The quantitative estimate of drug-likeness (QED) is 0.385. The molecule has 0 fully saturated rings. The molecule has 0 amide bonds. The van der Waals surface area contributed by atoms with Crippen LogP contribution in [0.25, 0.3) is 0 Å². The predicted molar refractivity (Wildman–Crippen MR) is 36.0 cm³/mol. The van der Waals surface area contributed by atoms with Gasteiger partial charge in [-0.05, 0) is 22.6 Å². The molecule has 0 aromatic heterocycles. The van der Waals surface area contributed by atoms with Crippen LogP contribution < -0.4 is 0 Å². The standard InChI is InChI=1S/C4H9IO2/c1-3(2)4(5,6)7/h3,6-7H,1-2H3. The zero-order valence-corrected chi connectivity index (χ0v) is 6.51. The molecule has 0 aromatic carbocycles. The third kappa shape index (κ3) is 3.25. The van der Waals surface area contributed by atoms with Crippen molar-refractivity contribution in [3.05, 3.63) is 0 Å². The number of hydrogen-bond acceptors (Lipinski definition) is 2. The monoisotopic (exact) mass is 216 g/mol. The van der Waals surface area contributed by atoms with Crippen LogP contribution in [-0.2, 0) is 0 Å². The second-order valence-electron chi connectivity index (χ2n) is 1.79. The van der Waals surface area contributed by atoms with Gasteiger partial charge in [-0.25, -0.2) is 0 Å². The molecule has 2 N–H and O–H groups in total. The molecule has 3 heteroatoms. The van der Waals surface area contributed by atoms with E-state index in [9.17, 15) is 0 Å². The molecular weight excluding hydrogens is 207 g/mol. The Bertz CT molecular complexity index is 55.2. The normalized spacial score (nSPS) is 12.9. The van der Waals surface area contributed by atoms with Gasteiger partial charge in [0.25, 0.3) is 0 Å². The number of rotatable bonds is 1. The summed E-state index contributed by atoms with van der Waals surface area (Å²) < 4.78 is -1.53. The van der Waals surface area contributed by atoms with Crippen molar-refractivity contribution < 1.29 is 10.2 Å². The molecular formula is C4H9IO2. The van der Waals surface area contributed by atoms with E-state index in [0.29, 0.717) is 0 Å². The number of aliphatic hydroxyl groups is 2. The first-order chi connectivity index (χ1) is 2.94. The van der Waals surface area contributed by atoms with Crippen LogP contribution in [0.15, 0.2) is 0 Å². The maximum absolute atomic E-state index is 8.64. The highest BCUT2D eigenvalue weighted by atomic mass is 127. The van der Waals surface area contributed by atoms with E-state index in [1.54, 1.807) is 36.4 Å². The summed E-state index contributed by atoms with van der Waals surface area (Å²) in [6.45, 7) is 3.48. The average Bonchev–Trinajstić information content (AvgIpc) is 1.31. The zero-order chi connectivity index (χ0) is 6.08. The third-order valence-corrected chi connectivity index (χ3v) is 1.98. The van der Waals surface area contributed by atoms with Crippen LogP contribution in [0.1, 0.15) is 13.8 Å². The lowest BCUT2D eigenvalue weighted by Gasteiger charge is -2.16. The minimum atomic E-state index is -1.53. The highest BCUT2D eigenvalue weighted by Gasteiger charge is 2.21. The number of alkyl halides is 1. The molecule has 0 heterocycles. The van der Waals surface area contributed by atoms with Crippen LogP contribution >= 0.6 is 22.6 Å². The van der Waals surface area contributed by atoms with Gasteiger partial charge in [-0.2, -0.15) is 0 Å². The largest absolute Gasteiger partial charge is 0.358 e. The van der Waals surface area contributed by atoms with Gasteiger partial charge in [0.1, 0.15) is 0 Å². The summed E-state index contributed by atoms with van der Waals surface area (Å²) in [6, 6.07) is 0. The molecule has 0 aliphatic rings. The second-order valence-corrected chi connectivity index (χ2v) is 3.38. The zero-order valence-electron chi connectivity index (χ0n) is 4.35. The van der Waals surface area contributed by atoms with Gasteiger partial charge < -0.3 is 10.2 Å². The Morgan fingerprint density at radius 1 is 1.43 bits per heavy atom. The van der Waals surface area contributed by atoms with Crippen molar-refractivity contribution >= 4 is 22.6 Å². The number of hydrogen-bond donors (Lipinski definition) is 2. The van der Waals surface area contributed by atoms with Gasteiger partial charge in [-0.1, -0.05) is 13.8 Å². The Kier molecular flexibility index (Phi) is 2.49. The van der Waals surface area contributed by atoms with Crippen molar-refractivity contribution in [2.24, 2.45) is 5.92 Å². The fraction of sp³-hybridized carbons (Fsp3) is 1.00. The first kappa shape index (κ1) is 7.65. The first-order valence-electron chi connectivity index (χ1n) is 2.08. The topological polar surface area (TPSA) is 40.5 Å². The average molecular weight is 216 g/mol. The van der Waals surface area contributed by atoms with Crippen molar-refractivity contribution in [1.29, 1.82) is 0 Å². The van der Waals surface area contributed by atoms with Crippen molar-refractivity contribution in [3.8, 4) is 0 Å². The molecule has 0 saturated heterocycles. The van der Waals surface area contributed by atoms with Crippen LogP contribution in [-0.4, -0.2) is 14.0 Å². The van der Waals surface area contributed by atoms with E-state index >= 15 is 0 Å². The summed E-state index contributed by atoms with van der Waals surface area (Å²) in [5.41, 5.74) is 0. The van der Waals surface area contributed by atoms with Crippen LogP contribution in [0.3, 0.4) is 0 Å². The third-order valence-electron chi connectivity index (χ3n) is 0.735. The molecule has 2 nitrogen and oxygen atoms in total. The minimum absolute atomic E-state index is 0.104. The lowest BCUT2D eigenvalue weighted by Crippen LogP contribution is -2.25. The highest BCUT2D eigenvalue weighted by molar-refractivity contribution is 14.1. The van der Waals surface area contributed by atoms with Crippen molar-refractivity contribution in [2.45, 2.75) is 17.6 Å². The number of halogens is 1. The second kappa shape index (κ2) is 2.28. The Morgan fingerprint density at radius 2 is 1.57 bits per heavy atom. The van der Waals surface area contributed by atoms with E-state index in [-0.39, 0.29) is 5.92 Å². The summed E-state index contributed by atoms with van der Waals surface area (Å²) in [4.78, 5) is 0. The SMILES string of the molecule is CC(C)C(O)(O)I. The van der Waals surface area contributed by atoms with Crippen LogP contribution in [0.5, 0.6) is 0 Å². The Balaban J connectivity index is 3.54. The maximum Gasteiger partial charge on any atom is 0.218 e. The summed E-state index contributed by atoms with van der Waals surface area (Å²) in [5.74, 6) is -0.104. The van der Waals surface area contributed by atoms with E-state index in [1.807, 2.05) is 0 Å². The Labute approximate surface area is 56.7 Å². The van der Waals surface area contributed by atoms with Crippen LogP contribution in [0, 0.1) is 5.92 Å². The first-order valence-corrected chi connectivity index (χ1v) is 3.16. The van der Waals surface area contributed by atoms with E-state index in [1.165, 1.54) is 0 Å². The molecule has 0 aliphatic heterocycles. The molecule has 0 saturated carbocycles. The molecule has 0 bridgehead atoms. The molecule has 0 aromatic rings. The summed E-state index contributed by atoms with van der Waals surface area (Å²) in [7, 11) is 0. The fourth-order valence-electron chi connectivity index (χ4n) is 0. The predicted octanol–water partition coefficient (Wildman–Crippen LogP) is 0.716. The van der Waals surface area contributed by atoms with Crippen LogP contribution in [0.4, 0.5) is 0 Å². The van der Waals surface area contributed by atoms with Crippen LogP contribution in [0.2, 0.25) is 0 Å². The molecule has 0 radical (unpaired) electrons. The van der Waals surface area contributed by atoms with Crippen molar-refractivity contribution in [3.63, 3.8) is 0 Å². The van der Waals surface area contributed by atoms with Gasteiger partial charge in [0, 0.05) is 5.92 Å². The Morgan fingerprint density at radius 3 is 1.57 bits per heavy atom. The van der Waals surface area contributed by atoms with Crippen molar-refractivity contribution in [2.75, 3.05) is 0 Å². The van der Waals surface area contributed by atoms with E-state index in [4.69, 9.17) is 10.2 Å². The van der Waals surface area contributed by atoms with Crippen molar-refractivity contribution in [1.82, 2.24) is 0 Å². The molecule has 44 valence electrons. The molecule has 0 aliphatic carbocycles. The summed E-state index contributed by atoms with van der Waals surface area (Å²) >= 11 is 1.58. The molecule has 0 rings (SSSR count). The van der Waals surface area contributed by atoms with E-state index < -0.39 is 3.79 Å². The molecule has 0 atom stereocenters. The smallest absolute Gasteiger partial charge is 0.218 e. The maximum atomic E-state index is 8.64. The van der Waals surface area contributed by atoms with Gasteiger partial charge in [0.2, 0.25) is 3.79 Å². The van der Waals surface area contributed by atoms with E-state index in [2.05, 4.69) is 0 Å². The lowest BCUT2D eigenvalue weighted by atomic mass is 10.2. The molecule has 0 spiro atoms. The van der Waals surface area contributed by atoms with Gasteiger partial charge in [-0.15, -0.1) is 0 Å². The minimum Gasteiger partial charge on any atom is -0.358 e. The highest BCUT2D eigenvalue weighted by Crippen LogP contribution is 2.19. The summed E-state index contributed by atoms with van der Waals surface area (Å²) in [5, 5.41) is 17.3. The fourth-order valence-corrected chi connectivity index (χ4v) is 0. The Hall–Kier alpha value is 0.650. The lowest BCUT2D eigenvalue weighted by molar-refractivity contribution is -0.0913. The van der Waals surface area contributed by atoms with Gasteiger partial charge in [0.05, 0.1) is 0 Å². The summed E-state index contributed by atoms with van der Waals surface area (Å²) in [6.07, 6.45) is 0. The van der Waals surface area contributed by atoms with Gasteiger partial charge in [0.15, 0.2) is 0 Å².